The maximum atomic E-state index is 9.87. The molecule has 1 aromatic carbocycles. The zero-order valence-electron chi connectivity index (χ0n) is 12.1. The first-order valence-electron chi connectivity index (χ1n) is 6.42. The molecule has 0 heterocycles. The number of hydrogen-bond acceptors (Lipinski definition) is 3. The van der Waals surface area contributed by atoms with Crippen molar-refractivity contribution in [1.29, 1.82) is 0 Å². The molecule has 1 unspecified atom stereocenters. The zero-order chi connectivity index (χ0) is 13.8. The van der Waals surface area contributed by atoms with Crippen LogP contribution in [-0.4, -0.2) is 30.0 Å². The Morgan fingerprint density at radius 2 is 1.78 bits per heavy atom. The van der Waals surface area contributed by atoms with Crippen LogP contribution in [-0.2, 0) is 4.74 Å². The summed E-state index contributed by atoms with van der Waals surface area (Å²) >= 11 is 0. The minimum absolute atomic E-state index is 0.209. The molecule has 1 aromatic rings. The predicted octanol–water partition coefficient (Wildman–Crippen LogP) is 2.89. The van der Waals surface area contributed by atoms with Gasteiger partial charge in [-0.1, -0.05) is 18.2 Å². The highest BCUT2D eigenvalue weighted by atomic mass is 16.5. The number of rotatable bonds is 5. The Bertz CT molecular complexity index is 362. The summed E-state index contributed by atoms with van der Waals surface area (Å²) in [6.45, 7) is 10.9. The molecule has 0 fully saturated rings. The molecule has 2 N–H and O–H groups in total. The van der Waals surface area contributed by atoms with Crippen LogP contribution in [0.3, 0.4) is 0 Å². The highest BCUT2D eigenvalue weighted by Crippen LogP contribution is 2.19. The van der Waals surface area contributed by atoms with Crippen LogP contribution in [0.15, 0.2) is 18.2 Å². The van der Waals surface area contributed by atoms with E-state index in [9.17, 15) is 5.11 Å². The van der Waals surface area contributed by atoms with E-state index >= 15 is 0 Å². The molecule has 0 spiro atoms. The van der Waals surface area contributed by atoms with Gasteiger partial charge < -0.3 is 15.2 Å². The molecular formula is C15H25NO2. The maximum Gasteiger partial charge on any atom is 0.0945 e. The van der Waals surface area contributed by atoms with E-state index in [4.69, 9.17) is 4.74 Å². The van der Waals surface area contributed by atoms with E-state index in [0.29, 0.717) is 13.2 Å². The van der Waals surface area contributed by atoms with Crippen LogP contribution in [0.2, 0.25) is 0 Å². The first-order valence-corrected chi connectivity index (χ1v) is 6.42. The van der Waals surface area contributed by atoms with Gasteiger partial charge in [0.15, 0.2) is 0 Å². The topological polar surface area (TPSA) is 41.5 Å². The normalized spacial score (nSPS) is 13.4. The average molecular weight is 251 g/mol. The van der Waals surface area contributed by atoms with Crippen molar-refractivity contribution in [3.8, 4) is 0 Å². The highest BCUT2D eigenvalue weighted by molar-refractivity contribution is 5.56. The van der Waals surface area contributed by atoms with Crippen LogP contribution < -0.4 is 5.32 Å². The van der Waals surface area contributed by atoms with Crippen molar-refractivity contribution in [3.05, 3.63) is 29.3 Å². The Morgan fingerprint density at radius 3 is 2.28 bits per heavy atom. The molecule has 0 radical (unpaired) electrons. The summed E-state index contributed by atoms with van der Waals surface area (Å²) in [6, 6.07) is 6.16. The van der Waals surface area contributed by atoms with Gasteiger partial charge in [0.1, 0.15) is 0 Å². The van der Waals surface area contributed by atoms with Crippen LogP contribution >= 0.6 is 0 Å². The predicted molar refractivity (Wildman–Crippen MR) is 76.1 cm³/mol. The lowest BCUT2D eigenvalue weighted by Gasteiger charge is -2.22. The second-order valence-corrected chi connectivity index (χ2v) is 5.72. The number of ether oxygens (including phenoxy) is 1. The van der Waals surface area contributed by atoms with E-state index in [-0.39, 0.29) is 5.60 Å². The Balaban J connectivity index is 2.45. The monoisotopic (exact) mass is 251 g/mol. The van der Waals surface area contributed by atoms with Crippen molar-refractivity contribution in [1.82, 2.24) is 0 Å². The number of aryl methyl sites for hydroxylation is 2. The van der Waals surface area contributed by atoms with Crippen LogP contribution in [0.25, 0.3) is 0 Å². The zero-order valence-corrected chi connectivity index (χ0v) is 12.1. The van der Waals surface area contributed by atoms with E-state index in [1.165, 1.54) is 11.1 Å². The summed E-state index contributed by atoms with van der Waals surface area (Å²) in [5.41, 5.74) is 3.28. The lowest BCUT2D eigenvalue weighted by Crippen LogP contribution is -2.30. The molecule has 0 saturated carbocycles. The molecule has 0 amide bonds. The largest absolute Gasteiger partial charge is 0.389 e. The Hall–Kier alpha value is -1.06. The van der Waals surface area contributed by atoms with Crippen LogP contribution in [0.4, 0.5) is 5.69 Å². The van der Waals surface area contributed by atoms with E-state index in [0.717, 1.165) is 5.69 Å². The molecule has 1 atom stereocenters. The molecule has 1 rings (SSSR count). The van der Waals surface area contributed by atoms with Gasteiger partial charge in [-0.25, -0.2) is 0 Å². The SMILES string of the molecule is Cc1cccc(C)c1NCC(O)COC(C)(C)C. The number of aliphatic hydroxyl groups excluding tert-OH is 1. The number of benzene rings is 1. The molecule has 3 heteroatoms. The summed E-state index contributed by atoms with van der Waals surface area (Å²) in [5.74, 6) is 0. The molecule has 0 aliphatic heterocycles. The van der Waals surface area contributed by atoms with Gasteiger partial charge in [0.2, 0.25) is 0 Å². The van der Waals surface area contributed by atoms with Gasteiger partial charge in [-0.3, -0.25) is 0 Å². The molecule has 18 heavy (non-hydrogen) atoms. The van der Waals surface area contributed by atoms with Crippen molar-refractivity contribution in [2.45, 2.75) is 46.3 Å². The molecule has 3 nitrogen and oxygen atoms in total. The number of hydrogen-bond donors (Lipinski definition) is 2. The van der Waals surface area contributed by atoms with E-state index in [1.54, 1.807) is 0 Å². The first-order chi connectivity index (χ1) is 8.29. The summed E-state index contributed by atoms with van der Waals surface area (Å²) < 4.78 is 5.55. The number of nitrogens with one attached hydrogen (secondary N) is 1. The minimum Gasteiger partial charge on any atom is -0.389 e. The molecule has 0 saturated heterocycles. The Morgan fingerprint density at radius 1 is 1.22 bits per heavy atom. The molecule has 0 bridgehead atoms. The fraction of sp³-hybridized carbons (Fsp3) is 0.600. The lowest BCUT2D eigenvalue weighted by molar-refractivity contribution is -0.0449. The van der Waals surface area contributed by atoms with Gasteiger partial charge in [0.25, 0.3) is 0 Å². The summed E-state index contributed by atoms with van der Waals surface area (Å²) in [5, 5.41) is 13.2. The fourth-order valence-electron chi connectivity index (χ4n) is 1.72. The molecule has 0 aliphatic carbocycles. The van der Waals surface area contributed by atoms with Gasteiger partial charge in [0, 0.05) is 12.2 Å². The van der Waals surface area contributed by atoms with Crippen molar-refractivity contribution < 1.29 is 9.84 Å². The first kappa shape index (κ1) is 15.0. The smallest absolute Gasteiger partial charge is 0.0945 e. The number of para-hydroxylation sites is 1. The third kappa shape index (κ3) is 5.07. The van der Waals surface area contributed by atoms with E-state index in [2.05, 4.69) is 31.3 Å². The lowest BCUT2D eigenvalue weighted by atomic mass is 10.1. The summed E-state index contributed by atoms with van der Waals surface area (Å²) in [4.78, 5) is 0. The fourth-order valence-corrected chi connectivity index (χ4v) is 1.72. The molecule has 0 aliphatic rings. The van der Waals surface area contributed by atoms with E-state index < -0.39 is 6.10 Å². The highest BCUT2D eigenvalue weighted by Gasteiger charge is 2.13. The van der Waals surface area contributed by atoms with Crippen molar-refractivity contribution in [3.63, 3.8) is 0 Å². The van der Waals surface area contributed by atoms with Crippen LogP contribution in [0.1, 0.15) is 31.9 Å². The van der Waals surface area contributed by atoms with E-state index in [1.807, 2.05) is 26.8 Å². The third-order valence-electron chi connectivity index (χ3n) is 2.70. The minimum atomic E-state index is -0.497. The second-order valence-electron chi connectivity index (χ2n) is 5.72. The number of anilines is 1. The van der Waals surface area contributed by atoms with Crippen molar-refractivity contribution in [2.24, 2.45) is 0 Å². The van der Waals surface area contributed by atoms with Crippen molar-refractivity contribution >= 4 is 5.69 Å². The van der Waals surface area contributed by atoms with Gasteiger partial charge in [0.05, 0.1) is 18.3 Å². The molecule has 0 aromatic heterocycles. The Kier molecular flexibility index (Phi) is 5.17. The second kappa shape index (κ2) is 6.21. The quantitative estimate of drug-likeness (QED) is 0.845. The molecule has 102 valence electrons. The average Bonchev–Trinajstić information content (AvgIpc) is 2.25. The number of aliphatic hydroxyl groups is 1. The summed E-state index contributed by atoms with van der Waals surface area (Å²) in [7, 11) is 0. The van der Waals surface area contributed by atoms with Gasteiger partial charge in [-0.2, -0.15) is 0 Å². The maximum absolute atomic E-state index is 9.87. The van der Waals surface area contributed by atoms with Crippen LogP contribution in [0.5, 0.6) is 0 Å². The van der Waals surface area contributed by atoms with Crippen molar-refractivity contribution in [2.75, 3.05) is 18.5 Å². The summed E-state index contributed by atoms with van der Waals surface area (Å²) in [6.07, 6.45) is -0.497. The molecular weight excluding hydrogens is 226 g/mol. The standard InChI is InChI=1S/C15H25NO2/c1-11-7-6-8-12(2)14(11)16-9-13(17)10-18-15(3,4)5/h6-8,13,16-17H,9-10H2,1-5H3. The van der Waals surface area contributed by atoms with Crippen LogP contribution in [0, 0.1) is 13.8 Å². The van der Waals surface area contributed by atoms with Gasteiger partial charge >= 0.3 is 0 Å². The third-order valence-corrected chi connectivity index (χ3v) is 2.70. The van der Waals surface area contributed by atoms with Gasteiger partial charge in [-0.15, -0.1) is 0 Å². The van der Waals surface area contributed by atoms with Gasteiger partial charge in [-0.05, 0) is 45.7 Å². The Labute approximate surface area is 110 Å².